The largest absolute Gasteiger partial charge is 0.467 e. The van der Waals surface area contributed by atoms with Gasteiger partial charge in [0.15, 0.2) is 0 Å². The third-order valence-electron chi connectivity index (χ3n) is 2.60. The van der Waals surface area contributed by atoms with Gasteiger partial charge in [0.05, 0.1) is 22.8 Å². The van der Waals surface area contributed by atoms with E-state index in [0.717, 1.165) is 5.75 Å². The molecule has 8 heteroatoms. The number of benzene rings is 1. The Morgan fingerprint density at radius 1 is 1.38 bits per heavy atom. The minimum atomic E-state index is -0.708. The van der Waals surface area contributed by atoms with Crippen LogP contribution in [-0.4, -0.2) is 37.2 Å². The van der Waals surface area contributed by atoms with E-state index in [-0.39, 0.29) is 5.02 Å². The number of carbonyl (C=O) groups excluding carboxylic acids is 2. The lowest BCUT2D eigenvalue weighted by molar-refractivity contribution is -0.142. The lowest BCUT2D eigenvalue weighted by Gasteiger charge is -2.17. The molecule has 116 valence electrons. The van der Waals surface area contributed by atoms with Crippen LogP contribution in [0.5, 0.6) is 0 Å². The van der Waals surface area contributed by atoms with Crippen molar-refractivity contribution in [3.05, 3.63) is 28.2 Å². The number of rotatable bonds is 6. The number of urea groups is 1. The van der Waals surface area contributed by atoms with Crippen molar-refractivity contribution in [3.63, 3.8) is 0 Å². The van der Waals surface area contributed by atoms with Gasteiger partial charge in [-0.3, -0.25) is 0 Å². The molecule has 1 aromatic carbocycles. The summed E-state index contributed by atoms with van der Waals surface area (Å²) >= 11 is 13.4. The number of esters is 1. The van der Waals surface area contributed by atoms with Gasteiger partial charge in [0.25, 0.3) is 0 Å². The average Bonchev–Trinajstić information content (AvgIpc) is 2.47. The van der Waals surface area contributed by atoms with Crippen molar-refractivity contribution in [1.82, 2.24) is 5.32 Å². The minimum absolute atomic E-state index is 0.244. The van der Waals surface area contributed by atoms with Crippen LogP contribution in [0.3, 0.4) is 0 Å². The van der Waals surface area contributed by atoms with Gasteiger partial charge < -0.3 is 15.4 Å². The first-order valence-electron chi connectivity index (χ1n) is 6.08. The van der Waals surface area contributed by atoms with Crippen LogP contribution >= 0.6 is 35.0 Å². The zero-order chi connectivity index (χ0) is 15.8. The molecule has 1 atom stereocenters. The first-order chi connectivity index (χ1) is 9.99. The van der Waals surface area contributed by atoms with E-state index in [4.69, 9.17) is 23.2 Å². The van der Waals surface area contributed by atoms with E-state index in [9.17, 15) is 9.59 Å². The smallest absolute Gasteiger partial charge is 0.328 e. The molecule has 0 saturated carbocycles. The number of anilines is 1. The van der Waals surface area contributed by atoms with Gasteiger partial charge in [-0.05, 0) is 30.6 Å². The summed E-state index contributed by atoms with van der Waals surface area (Å²) in [4.78, 5) is 23.5. The van der Waals surface area contributed by atoms with Crippen molar-refractivity contribution < 1.29 is 14.3 Å². The van der Waals surface area contributed by atoms with Gasteiger partial charge in [-0.25, -0.2) is 9.59 Å². The Labute approximate surface area is 137 Å². The van der Waals surface area contributed by atoms with Gasteiger partial charge in [-0.15, -0.1) is 0 Å². The van der Waals surface area contributed by atoms with Crippen LogP contribution < -0.4 is 10.6 Å². The number of methoxy groups -OCH3 is 1. The Kier molecular flexibility index (Phi) is 7.71. The zero-order valence-electron chi connectivity index (χ0n) is 11.6. The maximum absolute atomic E-state index is 11.9. The van der Waals surface area contributed by atoms with Crippen molar-refractivity contribution in [2.24, 2.45) is 0 Å². The van der Waals surface area contributed by atoms with Gasteiger partial charge in [0.2, 0.25) is 0 Å². The van der Waals surface area contributed by atoms with Gasteiger partial charge in [0.1, 0.15) is 6.04 Å². The quantitative estimate of drug-likeness (QED) is 0.771. The topological polar surface area (TPSA) is 67.4 Å². The average molecular weight is 351 g/mol. The van der Waals surface area contributed by atoms with Crippen LogP contribution in [0.25, 0.3) is 0 Å². The summed E-state index contributed by atoms with van der Waals surface area (Å²) in [5.41, 5.74) is 0.371. The molecule has 1 rings (SSSR count). The molecular formula is C13H16Cl2N2O3S. The van der Waals surface area contributed by atoms with E-state index >= 15 is 0 Å². The summed E-state index contributed by atoms with van der Waals surface area (Å²) in [5.74, 6) is 0.231. The monoisotopic (exact) mass is 350 g/mol. The second-order valence-electron chi connectivity index (χ2n) is 4.06. The third kappa shape index (κ3) is 5.65. The van der Waals surface area contributed by atoms with Crippen molar-refractivity contribution >= 4 is 52.7 Å². The van der Waals surface area contributed by atoms with Gasteiger partial charge in [-0.2, -0.15) is 11.8 Å². The lowest BCUT2D eigenvalue weighted by Crippen LogP contribution is -2.44. The van der Waals surface area contributed by atoms with E-state index in [1.165, 1.54) is 7.11 Å². The summed E-state index contributed by atoms with van der Waals surface area (Å²) in [6.07, 6.45) is 2.39. The Morgan fingerprint density at radius 3 is 2.71 bits per heavy atom. The molecule has 0 aromatic heterocycles. The molecular weight excluding hydrogens is 335 g/mol. The van der Waals surface area contributed by atoms with E-state index in [0.29, 0.717) is 17.1 Å². The maximum atomic E-state index is 11.9. The fourth-order valence-corrected chi connectivity index (χ4v) is 2.36. The number of amides is 2. The molecule has 2 N–H and O–H groups in total. The molecule has 2 amide bonds. The predicted octanol–water partition coefficient (Wildman–Crippen LogP) is 3.41. The summed E-state index contributed by atoms with van der Waals surface area (Å²) in [7, 11) is 1.28. The second kappa shape index (κ2) is 9.02. The SMILES string of the molecule is COC(=O)C(CCSC)NC(=O)Nc1cccc(Cl)c1Cl. The molecule has 0 aliphatic heterocycles. The molecule has 5 nitrogen and oxygen atoms in total. The molecule has 0 heterocycles. The molecule has 21 heavy (non-hydrogen) atoms. The van der Waals surface area contributed by atoms with E-state index in [1.54, 1.807) is 30.0 Å². The summed E-state index contributed by atoms with van der Waals surface area (Å²) in [6.45, 7) is 0. The standard InChI is InChI=1S/C13H16Cl2N2O3S/c1-20-12(18)10(6-7-21-2)17-13(19)16-9-5-3-4-8(14)11(9)15/h3-5,10H,6-7H2,1-2H3,(H2,16,17,19). The molecule has 0 aliphatic rings. The summed E-state index contributed by atoms with van der Waals surface area (Å²) in [6, 6.07) is 3.64. The minimum Gasteiger partial charge on any atom is -0.467 e. The zero-order valence-corrected chi connectivity index (χ0v) is 13.9. The molecule has 0 bridgehead atoms. The molecule has 0 fully saturated rings. The summed E-state index contributed by atoms with van der Waals surface area (Å²) < 4.78 is 4.67. The fourth-order valence-electron chi connectivity index (χ4n) is 1.54. The number of nitrogens with one attached hydrogen (secondary N) is 2. The highest BCUT2D eigenvalue weighted by molar-refractivity contribution is 7.98. The van der Waals surface area contributed by atoms with Crippen LogP contribution in [-0.2, 0) is 9.53 Å². The van der Waals surface area contributed by atoms with Gasteiger partial charge >= 0.3 is 12.0 Å². The molecule has 1 aromatic rings. The molecule has 1 unspecified atom stereocenters. The van der Waals surface area contributed by atoms with Crippen molar-refractivity contribution in [2.75, 3.05) is 24.4 Å². The Hall–Kier alpha value is -1.11. The van der Waals surface area contributed by atoms with Crippen molar-refractivity contribution in [3.8, 4) is 0 Å². The first kappa shape index (κ1) is 17.9. The maximum Gasteiger partial charge on any atom is 0.328 e. The highest BCUT2D eigenvalue weighted by atomic mass is 35.5. The van der Waals surface area contributed by atoms with Crippen LogP contribution in [0.15, 0.2) is 18.2 Å². The van der Waals surface area contributed by atoms with Crippen LogP contribution in [0.4, 0.5) is 10.5 Å². The number of ether oxygens (including phenoxy) is 1. The molecule has 0 saturated heterocycles. The van der Waals surface area contributed by atoms with Crippen LogP contribution in [0, 0.1) is 0 Å². The van der Waals surface area contributed by atoms with Gasteiger partial charge in [-0.1, -0.05) is 29.3 Å². The van der Waals surface area contributed by atoms with Crippen molar-refractivity contribution in [2.45, 2.75) is 12.5 Å². The molecule has 0 radical (unpaired) electrons. The van der Waals surface area contributed by atoms with E-state index < -0.39 is 18.0 Å². The number of carbonyl (C=O) groups is 2. The van der Waals surface area contributed by atoms with E-state index in [2.05, 4.69) is 15.4 Å². The molecule has 0 aliphatic carbocycles. The Bertz CT molecular complexity index is 514. The van der Waals surface area contributed by atoms with Gasteiger partial charge in [0, 0.05) is 0 Å². The molecule has 0 spiro atoms. The second-order valence-corrected chi connectivity index (χ2v) is 5.83. The number of hydrogen-bond donors (Lipinski definition) is 2. The summed E-state index contributed by atoms with van der Waals surface area (Å²) in [5, 5.41) is 5.69. The number of thioether (sulfide) groups is 1. The van der Waals surface area contributed by atoms with E-state index in [1.807, 2.05) is 6.26 Å². The lowest BCUT2D eigenvalue weighted by atomic mass is 10.2. The van der Waals surface area contributed by atoms with Crippen molar-refractivity contribution in [1.29, 1.82) is 0 Å². The van der Waals surface area contributed by atoms with Crippen LogP contribution in [0.1, 0.15) is 6.42 Å². The Morgan fingerprint density at radius 2 is 2.10 bits per heavy atom. The highest BCUT2D eigenvalue weighted by Crippen LogP contribution is 2.29. The Balaban J connectivity index is 2.69. The fraction of sp³-hybridized carbons (Fsp3) is 0.385. The van der Waals surface area contributed by atoms with Crippen LogP contribution in [0.2, 0.25) is 10.0 Å². The number of halogens is 2. The normalized spacial score (nSPS) is 11.6. The highest BCUT2D eigenvalue weighted by Gasteiger charge is 2.21. The third-order valence-corrected chi connectivity index (χ3v) is 4.06. The first-order valence-corrected chi connectivity index (χ1v) is 8.22. The number of hydrogen-bond acceptors (Lipinski definition) is 4. The predicted molar refractivity (Wildman–Crippen MR) is 87.4 cm³/mol.